The molecule has 1 aromatic carbocycles. The molecule has 1 unspecified atom stereocenters. The smallest absolute Gasteiger partial charge is 0.187 e. The standard InChI is InChI=1S/C21H22N2OS2/c1-3-11-23-18-16-12-14(2)9-10-17(16)24-19(18)20(25)22-21(23)26-13-15-7-5-4-6-8-15/h3-8,14H,1,9-13H2,2H3. The molecule has 0 bridgehead atoms. The van der Waals surface area contributed by atoms with Crippen molar-refractivity contribution >= 4 is 35.1 Å². The summed E-state index contributed by atoms with van der Waals surface area (Å²) in [5, 5.41) is 0.938. The monoisotopic (exact) mass is 382 g/mol. The maximum absolute atomic E-state index is 6.14. The number of aryl methyl sites for hydroxylation is 1. The van der Waals surface area contributed by atoms with Gasteiger partial charge in [-0.15, -0.1) is 6.58 Å². The number of benzene rings is 1. The van der Waals surface area contributed by atoms with E-state index in [9.17, 15) is 0 Å². The number of allylic oxidation sites excluding steroid dienone is 1. The van der Waals surface area contributed by atoms with Crippen LogP contribution in [-0.2, 0) is 25.1 Å². The molecular weight excluding hydrogens is 360 g/mol. The predicted molar refractivity (Wildman–Crippen MR) is 110 cm³/mol. The highest BCUT2D eigenvalue weighted by Gasteiger charge is 2.25. The summed E-state index contributed by atoms with van der Waals surface area (Å²) in [6.45, 7) is 6.95. The first-order valence-corrected chi connectivity index (χ1v) is 10.4. The largest absolute Gasteiger partial charge is 0.456 e. The molecule has 0 fully saturated rings. The van der Waals surface area contributed by atoms with Crippen molar-refractivity contribution in [1.82, 2.24) is 9.55 Å². The molecule has 26 heavy (non-hydrogen) atoms. The number of aromatic nitrogens is 2. The second kappa shape index (κ2) is 7.41. The van der Waals surface area contributed by atoms with Gasteiger partial charge in [0.15, 0.2) is 15.4 Å². The van der Waals surface area contributed by atoms with E-state index in [1.165, 1.54) is 17.5 Å². The van der Waals surface area contributed by atoms with Gasteiger partial charge < -0.3 is 8.98 Å². The van der Waals surface area contributed by atoms with Crippen LogP contribution in [0.2, 0.25) is 0 Å². The fourth-order valence-electron chi connectivity index (χ4n) is 3.60. The Labute approximate surface area is 163 Å². The molecule has 1 atom stereocenters. The maximum atomic E-state index is 6.14. The first-order valence-electron chi connectivity index (χ1n) is 9.00. The molecule has 2 heterocycles. The molecule has 0 spiro atoms. The second-order valence-electron chi connectivity index (χ2n) is 6.90. The lowest BCUT2D eigenvalue weighted by molar-refractivity contribution is 0.438. The molecule has 2 aromatic heterocycles. The van der Waals surface area contributed by atoms with E-state index in [0.29, 0.717) is 17.1 Å². The van der Waals surface area contributed by atoms with Gasteiger partial charge in [-0.05, 0) is 24.3 Å². The minimum atomic E-state index is 0.568. The predicted octanol–water partition coefficient (Wildman–Crippen LogP) is 5.96. The SMILES string of the molecule is C=CCn1c(SCc2ccccc2)nc(=S)c2oc3c(c21)CC(C)CC3. The molecular formula is C21H22N2OS2. The Balaban J connectivity index is 1.82. The van der Waals surface area contributed by atoms with E-state index in [2.05, 4.69) is 42.3 Å². The van der Waals surface area contributed by atoms with Crippen LogP contribution >= 0.6 is 24.0 Å². The van der Waals surface area contributed by atoms with Crippen molar-refractivity contribution < 1.29 is 4.42 Å². The third-order valence-electron chi connectivity index (χ3n) is 4.89. The van der Waals surface area contributed by atoms with Crippen LogP contribution in [0.15, 0.2) is 52.6 Å². The first-order chi connectivity index (χ1) is 12.7. The van der Waals surface area contributed by atoms with Gasteiger partial charge in [-0.3, -0.25) is 0 Å². The summed E-state index contributed by atoms with van der Waals surface area (Å²) < 4.78 is 8.94. The van der Waals surface area contributed by atoms with Crippen LogP contribution in [0, 0.1) is 10.6 Å². The van der Waals surface area contributed by atoms with Gasteiger partial charge in [-0.25, -0.2) is 4.98 Å². The lowest BCUT2D eigenvalue weighted by Crippen LogP contribution is -2.12. The maximum Gasteiger partial charge on any atom is 0.187 e. The summed E-state index contributed by atoms with van der Waals surface area (Å²) >= 11 is 7.30. The Morgan fingerprint density at radius 1 is 1.38 bits per heavy atom. The van der Waals surface area contributed by atoms with Gasteiger partial charge in [0.25, 0.3) is 0 Å². The van der Waals surface area contributed by atoms with Crippen molar-refractivity contribution in [2.24, 2.45) is 5.92 Å². The highest BCUT2D eigenvalue weighted by molar-refractivity contribution is 7.98. The zero-order valence-corrected chi connectivity index (χ0v) is 16.5. The molecule has 0 N–H and O–H groups in total. The number of nitrogens with zero attached hydrogens (tertiary/aromatic N) is 2. The zero-order valence-electron chi connectivity index (χ0n) is 14.9. The summed E-state index contributed by atoms with van der Waals surface area (Å²) in [4.78, 5) is 4.70. The molecule has 0 aliphatic heterocycles. The molecule has 134 valence electrons. The molecule has 0 radical (unpaired) electrons. The quantitative estimate of drug-likeness (QED) is 0.236. The molecule has 4 rings (SSSR count). The zero-order chi connectivity index (χ0) is 18.1. The summed E-state index contributed by atoms with van der Waals surface area (Å²) in [5.41, 5.74) is 4.49. The molecule has 1 aliphatic rings. The highest BCUT2D eigenvalue weighted by atomic mass is 32.2. The van der Waals surface area contributed by atoms with Gasteiger partial charge in [0, 0.05) is 24.3 Å². The van der Waals surface area contributed by atoms with E-state index in [4.69, 9.17) is 21.6 Å². The van der Waals surface area contributed by atoms with Crippen LogP contribution in [0.3, 0.4) is 0 Å². The van der Waals surface area contributed by atoms with E-state index in [1.54, 1.807) is 11.8 Å². The van der Waals surface area contributed by atoms with Crippen molar-refractivity contribution in [3.05, 3.63) is 64.5 Å². The fraction of sp³-hybridized carbons (Fsp3) is 0.333. The van der Waals surface area contributed by atoms with Crippen LogP contribution in [0.1, 0.15) is 30.2 Å². The van der Waals surface area contributed by atoms with Gasteiger partial charge in [0.2, 0.25) is 0 Å². The van der Waals surface area contributed by atoms with Crippen LogP contribution in [0.25, 0.3) is 11.1 Å². The minimum absolute atomic E-state index is 0.568. The summed E-state index contributed by atoms with van der Waals surface area (Å²) in [6, 6.07) is 10.4. The number of thioether (sulfide) groups is 1. The van der Waals surface area contributed by atoms with E-state index >= 15 is 0 Å². The van der Waals surface area contributed by atoms with Gasteiger partial charge in [0.1, 0.15) is 5.76 Å². The topological polar surface area (TPSA) is 31.0 Å². The summed E-state index contributed by atoms with van der Waals surface area (Å²) in [6.07, 6.45) is 5.12. The van der Waals surface area contributed by atoms with Crippen LogP contribution in [0.5, 0.6) is 0 Å². The van der Waals surface area contributed by atoms with E-state index in [0.717, 1.165) is 40.6 Å². The lowest BCUT2D eigenvalue weighted by Gasteiger charge is -2.18. The van der Waals surface area contributed by atoms with Crippen molar-refractivity contribution in [3.8, 4) is 0 Å². The highest BCUT2D eigenvalue weighted by Crippen LogP contribution is 2.36. The van der Waals surface area contributed by atoms with Gasteiger partial charge in [-0.2, -0.15) is 0 Å². The average Bonchev–Trinajstić information content (AvgIpc) is 3.03. The molecule has 1 aliphatic carbocycles. The van der Waals surface area contributed by atoms with Gasteiger partial charge >= 0.3 is 0 Å². The fourth-order valence-corrected chi connectivity index (χ4v) is 4.85. The normalized spacial score (nSPS) is 16.6. The Bertz CT molecular complexity index is 1000. The summed E-state index contributed by atoms with van der Waals surface area (Å²) in [7, 11) is 0. The van der Waals surface area contributed by atoms with E-state index in [-0.39, 0.29) is 0 Å². The molecule has 0 saturated carbocycles. The third-order valence-corrected chi connectivity index (χ3v) is 6.22. The van der Waals surface area contributed by atoms with Crippen molar-refractivity contribution in [1.29, 1.82) is 0 Å². The number of fused-ring (bicyclic) bond motifs is 3. The lowest BCUT2D eigenvalue weighted by atomic mass is 9.89. The van der Waals surface area contributed by atoms with Crippen molar-refractivity contribution in [3.63, 3.8) is 0 Å². The minimum Gasteiger partial charge on any atom is -0.456 e. The van der Waals surface area contributed by atoms with Crippen molar-refractivity contribution in [2.75, 3.05) is 0 Å². The van der Waals surface area contributed by atoms with Gasteiger partial charge in [-0.1, -0.05) is 67.3 Å². The van der Waals surface area contributed by atoms with Crippen LogP contribution in [0.4, 0.5) is 0 Å². The first kappa shape index (κ1) is 17.6. The third kappa shape index (κ3) is 3.26. The molecule has 3 aromatic rings. The average molecular weight is 383 g/mol. The number of hydrogen-bond acceptors (Lipinski definition) is 4. The van der Waals surface area contributed by atoms with E-state index in [1.807, 2.05) is 12.1 Å². The molecule has 0 saturated heterocycles. The Kier molecular flexibility index (Phi) is 5.00. The molecule has 5 heteroatoms. The van der Waals surface area contributed by atoms with Crippen LogP contribution in [-0.4, -0.2) is 9.55 Å². The number of hydrogen-bond donors (Lipinski definition) is 0. The Hall–Kier alpha value is -1.85. The number of rotatable bonds is 5. The number of furan rings is 1. The molecule has 3 nitrogen and oxygen atoms in total. The van der Waals surface area contributed by atoms with Gasteiger partial charge in [0.05, 0.1) is 5.52 Å². The van der Waals surface area contributed by atoms with Crippen LogP contribution < -0.4 is 0 Å². The Morgan fingerprint density at radius 3 is 2.96 bits per heavy atom. The molecule has 0 amide bonds. The second-order valence-corrected chi connectivity index (χ2v) is 8.23. The van der Waals surface area contributed by atoms with Crippen molar-refractivity contribution in [2.45, 2.75) is 43.6 Å². The Morgan fingerprint density at radius 2 is 2.19 bits per heavy atom. The summed E-state index contributed by atoms with van der Waals surface area (Å²) in [5.74, 6) is 2.62. The van der Waals surface area contributed by atoms with E-state index < -0.39 is 0 Å².